The third-order valence-corrected chi connectivity index (χ3v) is 7.90. The molecule has 2 aliphatic rings. The lowest BCUT2D eigenvalue weighted by atomic mass is 10.2. The van der Waals surface area contributed by atoms with Crippen LogP contribution in [0.4, 0.5) is 22.0 Å². The Morgan fingerprint density at radius 2 is 1.73 bits per heavy atom. The molecule has 2 aliphatic heterocycles. The Morgan fingerprint density at radius 3 is 2.43 bits per heavy atom. The van der Waals surface area contributed by atoms with Gasteiger partial charge in [0.05, 0.1) is 11.4 Å². The summed E-state index contributed by atoms with van der Waals surface area (Å²) < 4.78 is 40.8. The van der Waals surface area contributed by atoms with E-state index >= 15 is 0 Å². The zero-order valence-corrected chi connectivity index (χ0v) is 20.8. The molecule has 0 aliphatic carbocycles. The first-order valence-electron chi connectivity index (χ1n) is 11.9. The molecule has 0 radical (unpaired) electrons. The van der Waals surface area contributed by atoms with Crippen LogP contribution < -0.4 is 20.9 Å². The van der Waals surface area contributed by atoms with Crippen molar-refractivity contribution < 1.29 is 12.8 Å². The molecule has 5 rings (SSSR count). The van der Waals surface area contributed by atoms with Gasteiger partial charge in [0.25, 0.3) is 0 Å². The summed E-state index contributed by atoms with van der Waals surface area (Å²) >= 11 is 0. The first kappa shape index (κ1) is 24.7. The van der Waals surface area contributed by atoms with E-state index < -0.39 is 10.0 Å². The first-order valence-corrected chi connectivity index (χ1v) is 13.3. The Hall–Kier alpha value is -4.03. The highest BCUT2D eigenvalue weighted by atomic mass is 32.2. The fraction of sp³-hybridized carbons (Fsp3) is 0.240. The van der Waals surface area contributed by atoms with Gasteiger partial charge >= 0.3 is 0 Å². The molecular weight excluding hydrogens is 495 g/mol. The number of piperazine rings is 1. The number of aliphatic imine (C=N–C) groups is 1. The van der Waals surface area contributed by atoms with Gasteiger partial charge in [0.2, 0.25) is 16.0 Å². The van der Waals surface area contributed by atoms with E-state index in [1.165, 1.54) is 16.4 Å². The summed E-state index contributed by atoms with van der Waals surface area (Å²) in [6.07, 6.45) is 3.42. The monoisotopic (exact) mass is 522 g/mol. The van der Waals surface area contributed by atoms with Crippen LogP contribution in [0.5, 0.6) is 0 Å². The summed E-state index contributed by atoms with van der Waals surface area (Å²) in [6.45, 7) is 2.57. The Kier molecular flexibility index (Phi) is 7.28. The molecule has 0 bridgehead atoms. The van der Waals surface area contributed by atoms with E-state index in [0.29, 0.717) is 67.6 Å². The number of hydrogen-bond acceptors (Lipinski definition) is 9. The number of nitrogens with zero attached hydrogens (tertiary/aromatic N) is 5. The predicted molar refractivity (Wildman–Crippen MR) is 141 cm³/mol. The molecule has 0 spiro atoms. The zero-order chi connectivity index (χ0) is 25.7. The van der Waals surface area contributed by atoms with Crippen LogP contribution in [0.25, 0.3) is 0 Å². The van der Waals surface area contributed by atoms with E-state index in [0.717, 1.165) is 5.56 Å². The molecule has 0 atom stereocenters. The number of halogens is 1. The maximum absolute atomic E-state index is 13.3. The molecule has 0 amide bonds. The van der Waals surface area contributed by atoms with Crippen molar-refractivity contribution in [3.63, 3.8) is 0 Å². The summed E-state index contributed by atoms with van der Waals surface area (Å²) in [5, 5.41) is 9.52. The van der Waals surface area contributed by atoms with Crippen molar-refractivity contribution in [2.75, 3.05) is 48.3 Å². The summed E-state index contributed by atoms with van der Waals surface area (Å²) in [4.78, 5) is 15.9. The van der Waals surface area contributed by atoms with Crippen molar-refractivity contribution in [2.24, 2.45) is 4.99 Å². The minimum absolute atomic E-state index is 0.292. The standard InChI is InChI=1S/C25H27FN8O2S/c26-20-8-6-19(7-9-20)17-29-25-31-22(30-23-18-27-10-11-28-23)16-24(32-25)33-12-14-34(15-13-33)37(35,36)21-4-2-1-3-5-21/h1-11,16,27H,12-15,17-18H2,(H2,28,29,30,31,32). The van der Waals surface area contributed by atoms with Gasteiger partial charge in [0.15, 0.2) is 0 Å². The number of sulfonamides is 1. The molecule has 37 heavy (non-hydrogen) atoms. The normalized spacial score (nSPS) is 16.1. The van der Waals surface area contributed by atoms with Gasteiger partial charge < -0.3 is 20.9 Å². The Labute approximate surface area is 215 Å². The predicted octanol–water partition coefficient (Wildman–Crippen LogP) is 2.62. The molecule has 1 fully saturated rings. The number of rotatable bonds is 7. The molecule has 12 heteroatoms. The van der Waals surface area contributed by atoms with E-state index in [-0.39, 0.29) is 5.82 Å². The second-order valence-corrected chi connectivity index (χ2v) is 10.5. The molecule has 10 nitrogen and oxygen atoms in total. The number of amidine groups is 1. The highest BCUT2D eigenvalue weighted by Crippen LogP contribution is 2.23. The minimum atomic E-state index is -3.55. The maximum atomic E-state index is 13.3. The van der Waals surface area contributed by atoms with Gasteiger partial charge in [-0.05, 0) is 29.8 Å². The van der Waals surface area contributed by atoms with E-state index in [1.807, 2.05) is 11.0 Å². The van der Waals surface area contributed by atoms with Gasteiger partial charge in [-0.1, -0.05) is 30.3 Å². The van der Waals surface area contributed by atoms with Crippen LogP contribution in [0.2, 0.25) is 0 Å². The van der Waals surface area contributed by atoms with Gasteiger partial charge in [-0.3, -0.25) is 0 Å². The van der Waals surface area contributed by atoms with Crippen LogP contribution in [0.3, 0.4) is 0 Å². The Balaban J connectivity index is 1.33. The molecule has 1 saturated heterocycles. The number of benzene rings is 2. The lowest BCUT2D eigenvalue weighted by Gasteiger charge is -2.34. The third kappa shape index (κ3) is 6.04. The summed E-state index contributed by atoms with van der Waals surface area (Å²) in [5.41, 5.74) is 0.885. The molecule has 2 aromatic carbocycles. The summed E-state index contributed by atoms with van der Waals surface area (Å²) in [7, 11) is -3.55. The van der Waals surface area contributed by atoms with Gasteiger partial charge in [-0.25, -0.2) is 17.8 Å². The number of nitrogens with one attached hydrogen (secondary N) is 3. The number of aromatic nitrogens is 2. The van der Waals surface area contributed by atoms with Crippen LogP contribution >= 0.6 is 0 Å². The summed E-state index contributed by atoms with van der Waals surface area (Å²) in [6, 6.07) is 16.5. The molecule has 0 saturated carbocycles. The topological polar surface area (TPSA) is 115 Å². The van der Waals surface area contributed by atoms with E-state index in [9.17, 15) is 12.8 Å². The van der Waals surface area contributed by atoms with Crippen molar-refractivity contribution >= 4 is 33.4 Å². The van der Waals surface area contributed by atoms with Crippen molar-refractivity contribution in [1.82, 2.24) is 19.6 Å². The van der Waals surface area contributed by atoms with Crippen molar-refractivity contribution in [3.8, 4) is 0 Å². The highest BCUT2D eigenvalue weighted by Gasteiger charge is 2.29. The van der Waals surface area contributed by atoms with Crippen molar-refractivity contribution in [2.45, 2.75) is 11.4 Å². The Morgan fingerprint density at radius 1 is 0.973 bits per heavy atom. The smallest absolute Gasteiger partial charge is 0.243 e. The molecular formula is C25H27FN8O2S. The zero-order valence-electron chi connectivity index (χ0n) is 20.0. The van der Waals surface area contributed by atoms with Gasteiger partial charge in [-0.15, -0.1) is 0 Å². The summed E-state index contributed by atoms with van der Waals surface area (Å²) in [5.74, 6) is 2.02. The third-order valence-electron chi connectivity index (χ3n) is 5.98. The SMILES string of the molecule is O=S(=O)(c1ccccc1)N1CCN(c2cc(NC3=NC=CNC3)nc(NCc3ccc(F)cc3)n2)CC1. The van der Waals surface area contributed by atoms with Crippen LogP contribution in [0.15, 0.2) is 83.0 Å². The quantitative estimate of drug-likeness (QED) is 0.434. The second kappa shape index (κ2) is 10.9. The van der Waals surface area contributed by atoms with Crippen LogP contribution in [0, 0.1) is 5.82 Å². The minimum Gasteiger partial charge on any atom is -0.382 e. The van der Waals surface area contributed by atoms with Crippen LogP contribution in [-0.2, 0) is 16.6 Å². The molecule has 0 unspecified atom stereocenters. The largest absolute Gasteiger partial charge is 0.382 e. The van der Waals surface area contributed by atoms with Gasteiger partial charge in [0, 0.05) is 51.2 Å². The second-order valence-electron chi connectivity index (χ2n) is 8.52. The first-order chi connectivity index (χ1) is 18.0. The Bertz CT molecular complexity index is 1390. The average molecular weight is 523 g/mol. The van der Waals surface area contributed by atoms with E-state index in [4.69, 9.17) is 0 Å². The fourth-order valence-electron chi connectivity index (χ4n) is 4.03. The molecule has 3 aromatic rings. The van der Waals surface area contributed by atoms with Crippen LogP contribution in [-0.4, -0.2) is 61.3 Å². The lowest BCUT2D eigenvalue weighted by Crippen LogP contribution is -2.49. The number of hydrogen-bond donors (Lipinski definition) is 3. The van der Waals surface area contributed by atoms with E-state index in [2.05, 4.69) is 30.9 Å². The molecule has 1 aromatic heterocycles. The molecule has 3 N–H and O–H groups in total. The number of anilines is 3. The fourth-order valence-corrected chi connectivity index (χ4v) is 5.47. The van der Waals surface area contributed by atoms with Gasteiger partial charge in [0.1, 0.15) is 23.3 Å². The molecule has 192 valence electrons. The highest BCUT2D eigenvalue weighted by molar-refractivity contribution is 7.89. The average Bonchev–Trinajstić information content (AvgIpc) is 2.94. The van der Waals surface area contributed by atoms with Gasteiger partial charge in [-0.2, -0.15) is 14.3 Å². The van der Waals surface area contributed by atoms with Crippen LogP contribution in [0.1, 0.15) is 5.56 Å². The van der Waals surface area contributed by atoms with Crippen molar-refractivity contribution in [1.29, 1.82) is 0 Å². The maximum Gasteiger partial charge on any atom is 0.243 e. The molecule has 3 heterocycles. The van der Waals surface area contributed by atoms with E-state index in [1.54, 1.807) is 54.9 Å². The van der Waals surface area contributed by atoms with Crippen molar-refractivity contribution in [3.05, 3.63) is 84.4 Å². The lowest BCUT2D eigenvalue weighted by molar-refractivity contribution is 0.384.